The molecule has 92 valence electrons. The van der Waals surface area contributed by atoms with Crippen LogP contribution in [0.25, 0.3) is 0 Å². The predicted molar refractivity (Wildman–Crippen MR) is 69.9 cm³/mol. The summed E-state index contributed by atoms with van der Waals surface area (Å²) in [7, 11) is 0. The van der Waals surface area contributed by atoms with Gasteiger partial charge >= 0.3 is 5.63 Å². The highest BCUT2D eigenvalue weighted by atomic mass is 16.4. The molecular weight excluding hydrogens is 228 g/mol. The van der Waals surface area contributed by atoms with Crippen molar-refractivity contribution >= 4 is 0 Å². The summed E-state index contributed by atoms with van der Waals surface area (Å²) < 4.78 is 5.03. The lowest BCUT2D eigenvalue weighted by Gasteiger charge is -2.13. The lowest BCUT2D eigenvalue weighted by atomic mass is 9.92. The van der Waals surface area contributed by atoms with Gasteiger partial charge in [-0.25, -0.2) is 4.79 Å². The van der Waals surface area contributed by atoms with Crippen LogP contribution < -0.4 is 5.63 Å². The first-order valence-electron chi connectivity index (χ1n) is 5.64. The molecule has 0 saturated carbocycles. The zero-order valence-corrected chi connectivity index (χ0v) is 10.1. The molecule has 0 aliphatic carbocycles. The van der Waals surface area contributed by atoms with E-state index in [4.69, 9.17) is 4.42 Å². The Hall–Kier alpha value is -2.29. The Kier molecular flexibility index (Phi) is 3.33. The number of allylic oxidation sites excluding steroid dienone is 1. The van der Waals surface area contributed by atoms with Crippen LogP contribution in [0.3, 0.4) is 0 Å². The summed E-state index contributed by atoms with van der Waals surface area (Å²) in [6.45, 7) is 5.35. The normalized spacial score (nSPS) is 12.1. The number of aryl methyl sites for hydroxylation is 1. The summed E-state index contributed by atoms with van der Waals surface area (Å²) in [5.41, 5.74) is 0.585. The first-order chi connectivity index (χ1) is 8.63. The van der Waals surface area contributed by atoms with E-state index in [-0.39, 0.29) is 17.2 Å². The van der Waals surface area contributed by atoms with E-state index in [2.05, 4.69) is 6.58 Å². The van der Waals surface area contributed by atoms with E-state index in [1.807, 2.05) is 30.3 Å². The van der Waals surface area contributed by atoms with Crippen molar-refractivity contribution in [3.05, 3.63) is 76.4 Å². The van der Waals surface area contributed by atoms with E-state index in [9.17, 15) is 9.90 Å². The molecule has 0 aliphatic heterocycles. The average Bonchev–Trinajstić information content (AvgIpc) is 2.34. The molecule has 18 heavy (non-hydrogen) atoms. The molecule has 1 heterocycles. The summed E-state index contributed by atoms with van der Waals surface area (Å²) >= 11 is 0. The molecule has 1 aromatic heterocycles. The SMILES string of the molecule is C=CC(c1ccccc1)c1c(O)cc(C)oc1=O. The van der Waals surface area contributed by atoms with E-state index in [1.54, 1.807) is 13.0 Å². The zero-order valence-electron chi connectivity index (χ0n) is 10.1. The van der Waals surface area contributed by atoms with Crippen molar-refractivity contribution in [2.24, 2.45) is 0 Å². The van der Waals surface area contributed by atoms with Gasteiger partial charge in [0.05, 0.1) is 5.56 Å². The van der Waals surface area contributed by atoms with Crippen LogP contribution in [0.2, 0.25) is 0 Å². The minimum Gasteiger partial charge on any atom is -0.507 e. The second-order valence-electron chi connectivity index (χ2n) is 4.07. The highest BCUT2D eigenvalue weighted by Crippen LogP contribution is 2.29. The van der Waals surface area contributed by atoms with E-state index < -0.39 is 5.63 Å². The Balaban J connectivity index is 2.60. The first kappa shape index (κ1) is 12.2. The smallest absolute Gasteiger partial charge is 0.343 e. The van der Waals surface area contributed by atoms with E-state index in [1.165, 1.54) is 6.07 Å². The highest BCUT2D eigenvalue weighted by molar-refractivity contribution is 5.42. The van der Waals surface area contributed by atoms with Gasteiger partial charge in [-0.05, 0) is 12.5 Å². The van der Waals surface area contributed by atoms with Gasteiger partial charge in [-0.1, -0.05) is 36.4 Å². The van der Waals surface area contributed by atoms with Gasteiger partial charge in [0.15, 0.2) is 0 Å². The van der Waals surface area contributed by atoms with Crippen molar-refractivity contribution in [1.82, 2.24) is 0 Å². The topological polar surface area (TPSA) is 50.4 Å². The Morgan fingerprint density at radius 1 is 1.33 bits per heavy atom. The van der Waals surface area contributed by atoms with Crippen LogP contribution in [-0.2, 0) is 0 Å². The highest BCUT2D eigenvalue weighted by Gasteiger charge is 2.19. The fourth-order valence-corrected chi connectivity index (χ4v) is 1.97. The molecule has 3 heteroatoms. The molecule has 0 fully saturated rings. The van der Waals surface area contributed by atoms with Crippen LogP contribution in [0.1, 0.15) is 22.8 Å². The molecule has 1 atom stereocenters. The quantitative estimate of drug-likeness (QED) is 0.842. The molecule has 2 aromatic rings. The molecule has 0 aliphatic rings. The fourth-order valence-electron chi connectivity index (χ4n) is 1.97. The number of hydrogen-bond donors (Lipinski definition) is 1. The van der Waals surface area contributed by atoms with Gasteiger partial charge in [-0.15, -0.1) is 6.58 Å². The first-order valence-corrected chi connectivity index (χ1v) is 5.64. The van der Waals surface area contributed by atoms with Gasteiger partial charge in [-0.3, -0.25) is 0 Å². The maximum atomic E-state index is 11.9. The Bertz CT molecular complexity index is 611. The van der Waals surface area contributed by atoms with E-state index in [0.717, 1.165) is 5.56 Å². The number of rotatable bonds is 3. The zero-order chi connectivity index (χ0) is 13.1. The summed E-state index contributed by atoms with van der Waals surface area (Å²) in [4.78, 5) is 11.9. The van der Waals surface area contributed by atoms with Gasteiger partial charge in [0, 0.05) is 12.0 Å². The van der Waals surface area contributed by atoms with Gasteiger partial charge in [0.2, 0.25) is 0 Å². The molecule has 0 saturated heterocycles. The molecule has 0 radical (unpaired) electrons. The Morgan fingerprint density at radius 3 is 2.56 bits per heavy atom. The number of hydrogen-bond acceptors (Lipinski definition) is 3. The number of benzene rings is 1. The molecule has 3 nitrogen and oxygen atoms in total. The maximum absolute atomic E-state index is 11.9. The van der Waals surface area contributed by atoms with Crippen molar-refractivity contribution in [2.45, 2.75) is 12.8 Å². The monoisotopic (exact) mass is 242 g/mol. The maximum Gasteiger partial charge on any atom is 0.343 e. The molecule has 1 aromatic carbocycles. The van der Waals surface area contributed by atoms with Crippen molar-refractivity contribution < 1.29 is 9.52 Å². The molecule has 0 bridgehead atoms. The molecule has 1 unspecified atom stereocenters. The molecule has 2 rings (SSSR count). The molecule has 0 amide bonds. The lowest BCUT2D eigenvalue weighted by Crippen LogP contribution is -2.13. The van der Waals surface area contributed by atoms with Gasteiger partial charge in [0.25, 0.3) is 0 Å². The third-order valence-corrected chi connectivity index (χ3v) is 2.79. The minimum atomic E-state index is -0.527. The summed E-state index contributed by atoms with van der Waals surface area (Å²) in [6.07, 6.45) is 1.62. The average molecular weight is 242 g/mol. The van der Waals surface area contributed by atoms with Crippen LogP contribution in [-0.4, -0.2) is 5.11 Å². The van der Waals surface area contributed by atoms with Crippen LogP contribution in [0, 0.1) is 6.92 Å². The minimum absolute atomic E-state index is 0.0579. The van der Waals surface area contributed by atoms with Crippen molar-refractivity contribution in [3.8, 4) is 5.75 Å². The molecule has 1 N–H and O–H groups in total. The van der Waals surface area contributed by atoms with Crippen LogP contribution in [0.5, 0.6) is 5.75 Å². The van der Waals surface area contributed by atoms with Crippen LogP contribution in [0.4, 0.5) is 0 Å². The van der Waals surface area contributed by atoms with Crippen LogP contribution >= 0.6 is 0 Å². The summed E-state index contributed by atoms with van der Waals surface area (Å²) in [5.74, 6) is -0.0438. The third-order valence-electron chi connectivity index (χ3n) is 2.79. The fraction of sp³-hybridized carbons (Fsp3) is 0.133. The van der Waals surface area contributed by atoms with Crippen molar-refractivity contribution in [1.29, 1.82) is 0 Å². The summed E-state index contributed by atoms with van der Waals surface area (Å²) in [5, 5.41) is 9.93. The number of aromatic hydroxyl groups is 1. The third kappa shape index (κ3) is 2.20. The molecular formula is C15H14O3. The van der Waals surface area contributed by atoms with Crippen molar-refractivity contribution in [2.75, 3.05) is 0 Å². The van der Waals surface area contributed by atoms with E-state index in [0.29, 0.717) is 5.76 Å². The summed E-state index contributed by atoms with van der Waals surface area (Å²) in [6, 6.07) is 10.8. The van der Waals surface area contributed by atoms with Crippen molar-refractivity contribution in [3.63, 3.8) is 0 Å². The molecule has 0 spiro atoms. The Labute approximate surface area is 105 Å². The lowest BCUT2D eigenvalue weighted by molar-refractivity contribution is 0.422. The standard InChI is InChI=1S/C15H14O3/c1-3-12(11-7-5-4-6-8-11)14-13(16)9-10(2)18-15(14)17/h3-9,12,16H,1H2,2H3. The van der Waals surface area contributed by atoms with E-state index >= 15 is 0 Å². The predicted octanol–water partition coefficient (Wildman–Crippen LogP) is 2.97. The van der Waals surface area contributed by atoms with Gasteiger partial charge in [0.1, 0.15) is 11.5 Å². The largest absolute Gasteiger partial charge is 0.507 e. The second-order valence-corrected chi connectivity index (χ2v) is 4.07. The second kappa shape index (κ2) is 4.92. The van der Waals surface area contributed by atoms with Gasteiger partial charge in [-0.2, -0.15) is 0 Å². The van der Waals surface area contributed by atoms with Crippen LogP contribution in [0.15, 0.2) is 58.3 Å². The van der Waals surface area contributed by atoms with Gasteiger partial charge < -0.3 is 9.52 Å². The Morgan fingerprint density at radius 2 is 2.00 bits per heavy atom.